The Labute approximate surface area is 198 Å². The van der Waals surface area contributed by atoms with Gasteiger partial charge in [0.2, 0.25) is 11.8 Å². The van der Waals surface area contributed by atoms with Gasteiger partial charge in [0.1, 0.15) is 19.2 Å². The zero-order valence-corrected chi connectivity index (χ0v) is 19.1. The highest BCUT2D eigenvalue weighted by atomic mass is 35.5. The van der Waals surface area contributed by atoms with Crippen LogP contribution in [0.2, 0.25) is 0 Å². The van der Waals surface area contributed by atoms with Crippen LogP contribution < -0.4 is 10.6 Å². The number of alkyl halides is 2. The summed E-state index contributed by atoms with van der Waals surface area (Å²) in [5.74, 6) is -0.282. The Morgan fingerprint density at radius 3 is 2.00 bits per heavy atom. The predicted molar refractivity (Wildman–Crippen MR) is 125 cm³/mol. The summed E-state index contributed by atoms with van der Waals surface area (Å²) in [5.41, 5.74) is 1.72. The third kappa shape index (κ3) is 9.16. The van der Waals surface area contributed by atoms with Crippen molar-refractivity contribution in [2.24, 2.45) is 0 Å². The average Bonchev–Trinajstić information content (AvgIpc) is 2.81. The van der Waals surface area contributed by atoms with Gasteiger partial charge < -0.3 is 20.3 Å². The number of carbonyl (C=O) groups excluding carboxylic acids is 3. The fraction of sp³-hybridized carbons (Fsp3) is 0.348. The van der Waals surface area contributed by atoms with Gasteiger partial charge in [0.15, 0.2) is 0 Å². The van der Waals surface area contributed by atoms with Crippen molar-refractivity contribution in [3.8, 4) is 0 Å². The van der Waals surface area contributed by atoms with E-state index in [1.54, 1.807) is 0 Å². The molecule has 0 spiro atoms. The molecule has 0 saturated carbocycles. The minimum Gasteiger partial charge on any atom is -0.445 e. The van der Waals surface area contributed by atoms with Crippen molar-refractivity contribution in [1.82, 2.24) is 15.5 Å². The number of rotatable bonds is 12. The number of benzene rings is 2. The van der Waals surface area contributed by atoms with Crippen LogP contribution in [0.3, 0.4) is 0 Å². The Bertz CT molecular complexity index is 847. The van der Waals surface area contributed by atoms with Gasteiger partial charge in [-0.2, -0.15) is 0 Å². The van der Waals surface area contributed by atoms with Crippen molar-refractivity contribution < 1.29 is 19.1 Å². The molecule has 0 aliphatic heterocycles. The molecule has 0 aliphatic carbocycles. The van der Waals surface area contributed by atoms with E-state index in [1.807, 2.05) is 60.7 Å². The summed E-state index contributed by atoms with van der Waals surface area (Å²) >= 11 is 11.6. The van der Waals surface area contributed by atoms with Gasteiger partial charge in [-0.25, -0.2) is 4.79 Å². The van der Waals surface area contributed by atoms with Gasteiger partial charge in [-0.15, -0.1) is 23.2 Å². The van der Waals surface area contributed by atoms with Gasteiger partial charge in [0.05, 0.1) is 0 Å². The number of halogens is 2. The van der Waals surface area contributed by atoms with Crippen molar-refractivity contribution in [1.29, 1.82) is 0 Å². The summed E-state index contributed by atoms with van der Waals surface area (Å²) in [6.45, 7) is 0.406. The van der Waals surface area contributed by atoms with E-state index in [9.17, 15) is 14.4 Å². The molecule has 0 aliphatic rings. The lowest BCUT2D eigenvalue weighted by Gasteiger charge is -2.27. The molecule has 172 valence electrons. The van der Waals surface area contributed by atoms with E-state index < -0.39 is 18.0 Å². The Morgan fingerprint density at radius 1 is 0.875 bits per heavy atom. The standard InChI is InChI=1S/C23H27Cl2N3O4/c24-11-13-28(14-12-25)22(30)20(15-18-7-3-1-4-8-18)27-21(29)16-26-23(31)32-17-19-9-5-2-6-10-19/h1-10,20H,11-17H2,(H,26,31)(H,27,29)/t20-/m0/s1. The Kier molecular flexibility index (Phi) is 11.4. The highest BCUT2D eigenvalue weighted by Crippen LogP contribution is 2.07. The maximum Gasteiger partial charge on any atom is 0.407 e. The first-order valence-corrected chi connectivity index (χ1v) is 11.3. The number of ether oxygens (including phenoxy) is 1. The third-order valence-corrected chi connectivity index (χ3v) is 4.88. The van der Waals surface area contributed by atoms with E-state index in [2.05, 4.69) is 10.6 Å². The highest BCUT2D eigenvalue weighted by Gasteiger charge is 2.26. The molecule has 0 radical (unpaired) electrons. The number of nitrogens with one attached hydrogen (secondary N) is 2. The number of hydrogen-bond acceptors (Lipinski definition) is 4. The summed E-state index contributed by atoms with van der Waals surface area (Å²) in [6, 6.07) is 17.7. The van der Waals surface area contributed by atoms with Crippen LogP contribution in [0.15, 0.2) is 60.7 Å². The van der Waals surface area contributed by atoms with E-state index in [1.165, 1.54) is 4.90 Å². The average molecular weight is 480 g/mol. The van der Waals surface area contributed by atoms with E-state index in [-0.39, 0.29) is 30.8 Å². The summed E-state index contributed by atoms with van der Waals surface area (Å²) in [6.07, 6.45) is -0.425. The van der Waals surface area contributed by atoms with Crippen molar-refractivity contribution in [3.63, 3.8) is 0 Å². The van der Waals surface area contributed by atoms with Crippen LogP contribution >= 0.6 is 23.2 Å². The minimum atomic E-state index is -0.821. The van der Waals surface area contributed by atoms with Crippen molar-refractivity contribution in [3.05, 3.63) is 71.8 Å². The molecule has 0 heterocycles. The second-order valence-electron chi connectivity index (χ2n) is 6.93. The van der Waals surface area contributed by atoms with Crippen molar-refractivity contribution in [2.45, 2.75) is 19.1 Å². The minimum absolute atomic E-state index is 0.0925. The van der Waals surface area contributed by atoms with Crippen LogP contribution in [-0.2, 0) is 27.4 Å². The molecule has 7 nitrogen and oxygen atoms in total. The molecular weight excluding hydrogens is 453 g/mol. The number of hydrogen-bond donors (Lipinski definition) is 2. The van der Waals surface area contributed by atoms with Crippen molar-refractivity contribution >= 4 is 41.1 Å². The van der Waals surface area contributed by atoms with E-state index in [4.69, 9.17) is 27.9 Å². The molecule has 32 heavy (non-hydrogen) atoms. The third-order valence-electron chi connectivity index (χ3n) is 4.54. The molecule has 1 atom stereocenters. The van der Waals surface area contributed by atoms with Crippen molar-refractivity contribution in [2.75, 3.05) is 31.4 Å². The molecule has 9 heteroatoms. The maximum absolute atomic E-state index is 13.0. The van der Waals surface area contributed by atoms with Gasteiger partial charge in [0, 0.05) is 31.3 Å². The molecule has 0 aromatic heterocycles. The van der Waals surface area contributed by atoms with Gasteiger partial charge in [-0.05, 0) is 11.1 Å². The van der Waals surface area contributed by atoms with Gasteiger partial charge in [-0.3, -0.25) is 9.59 Å². The zero-order chi connectivity index (χ0) is 23.2. The molecule has 2 aromatic rings. The van der Waals surface area contributed by atoms with Gasteiger partial charge in [0.25, 0.3) is 0 Å². The molecule has 2 rings (SSSR count). The highest BCUT2D eigenvalue weighted by molar-refractivity contribution is 6.18. The molecule has 0 fully saturated rings. The number of alkyl carbamates (subject to hydrolysis) is 1. The van der Waals surface area contributed by atoms with E-state index in [0.29, 0.717) is 19.5 Å². The maximum atomic E-state index is 13.0. The largest absolute Gasteiger partial charge is 0.445 e. The zero-order valence-electron chi connectivity index (χ0n) is 17.6. The molecular formula is C23H27Cl2N3O4. The van der Waals surface area contributed by atoms with Gasteiger partial charge >= 0.3 is 6.09 Å². The van der Waals surface area contributed by atoms with Crippen LogP contribution in [-0.4, -0.2) is 60.2 Å². The molecule has 0 bridgehead atoms. The van der Waals surface area contributed by atoms with E-state index in [0.717, 1.165) is 11.1 Å². The summed E-state index contributed by atoms with van der Waals surface area (Å²) in [5, 5.41) is 5.11. The lowest BCUT2D eigenvalue weighted by molar-refractivity contribution is -0.135. The molecule has 0 saturated heterocycles. The van der Waals surface area contributed by atoms with E-state index >= 15 is 0 Å². The van der Waals surface area contributed by atoms with Crippen LogP contribution in [0.1, 0.15) is 11.1 Å². The van der Waals surface area contributed by atoms with Gasteiger partial charge in [-0.1, -0.05) is 60.7 Å². The van der Waals surface area contributed by atoms with Crippen LogP contribution in [0.5, 0.6) is 0 Å². The van der Waals surface area contributed by atoms with Crippen LogP contribution in [0.4, 0.5) is 4.79 Å². The topological polar surface area (TPSA) is 87.7 Å². The SMILES string of the molecule is O=C(CNC(=O)OCc1ccccc1)N[C@@H](Cc1ccccc1)C(=O)N(CCCl)CCCl. The Balaban J connectivity index is 1.93. The monoisotopic (exact) mass is 479 g/mol. The second kappa shape index (κ2) is 14.3. The lowest BCUT2D eigenvalue weighted by atomic mass is 10.0. The summed E-state index contributed by atoms with van der Waals surface area (Å²) in [4.78, 5) is 38.9. The Morgan fingerprint density at radius 2 is 1.44 bits per heavy atom. The second-order valence-corrected chi connectivity index (χ2v) is 7.68. The molecule has 2 aromatic carbocycles. The first kappa shape index (κ1) is 25.5. The predicted octanol–water partition coefficient (Wildman–Crippen LogP) is 2.95. The number of carbonyl (C=O) groups is 3. The normalized spacial score (nSPS) is 11.3. The first-order valence-electron chi connectivity index (χ1n) is 10.2. The van der Waals surface area contributed by atoms with Crippen LogP contribution in [0, 0.1) is 0 Å². The first-order chi connectivity index (χ1) is 15.5. The lowest BCUT2D eigenvalue weighted by Crippen LogP contribution is -2.52. The summed E-state index contributed by atoms with van der Waals surface area (Å²) in [7, 11) is 0. The Hall–Kier alpha value is -2.77. The number of amides is 3. The quantitative estimate of drug-likeness (QED) is 0.458. The molecule has 3 amide bonds. The molecule has 2 N–H and O–H groups in total. The smallest absolute Gasteiger partial charge is 0.407 e. The van der Waals surface area contributed by atoms with Crippen LogP contribution in [0.25, 0.3) is 0 Å². The fourth-order valence-corrected chi connectivity index (χ4v) is 3.39. The fourth-order valence-electron chi connectivity index (χ4n) is 2.98. The molecule has 0 unspecified atom stereocenters. The summed E-state index contributed by atoms with van der Waals surface area (Å²) < 4.78 is 5.09. The number of nitrogens with zero attached hydrogens (tertiary/aromatic N) is 1.